The summed E-state index contributed by atoms with van der Waals surface area (Å²) < 4.78 is 64.6. The quantitative estimate of drug-likeness (QED) is 0.362. The van der Waals surface area contributed by atoms with Gasteiger partial charge in [0.15, 0.2) is 0 Å². The molecule has 1 atom stereocenters. The minimum atomic E-state index is -4.23. The van der Waals surface area contributed by atoms with Crippen LogP contribution >= 0.6 is 0 Å². The zero-order valence-electron chi connectivity index (χ0n) is 13.0. The molecule has 6 heteroatoms. The molecule has 0 heterocycles. The lowest BCUT2D eigenvalue weighted by Gasteiger charge is -2.18. The van der Waals surface area contributed by atoms with Gasteiger partial charge in [-0.25, -0.2) is 13.2 Å². The summed E-state index contributed by atoms with van der Waals surface area (Å²) in [4.78, 5) is 0. The minimum absolute atomic E-state index is 0.194. The Morgan fingerprint density at radius 1 is 1.25 bits per heavy atom. The van der Waals surface area contributed by atoms with Gasteiger partial charge < -0.3 is 0 Å². The molecule has 0 aliphatic carbocycles. The largest absolute Gasteiger partial charge is 0.311 e. The van der Waals surface area contributed by atoms with E-state index >= 15 is 0 Å². The van der Waals surface area contributed by atoms with Crippen LogP contribution < -0.4 is 0 Å². The summed E-state index contributed by atoms with van der Waals surface area (Å²) in [6.45, 7) is 8.89. The zero-order valence-corrected chi connectivity index (χ0v) is 13.0. The molecule has 0 aliphatic heterocycles. The number of benzene rings is 1. The fourth-order valence-corrected chi connectivity index (χ4v) is 1.98. The predicted molar refractivity (Wildman–Crippen MR) is 82.5 cm³/mol. The van der Waals surface area contributed by atoms with Gasteiger partial charge in [0, 0.05) is 17.9 Å². The summed E-state index contributed by atoms with van der Waals surface area (Å²) in [6.07, 6.45) is -2.15. The number of alkyl halides is 4. The van der Waals surface area contributed by atoms with Crippen molar-refractivity contribution < 1.29 is 22.0 Å². The van der Waals surface area contributed by atoms with Gasteiger partial charge in [0.1, 0.15) is 5.82 Å². The molecular weight excluding hydrogens is 325 g/mol. The molecule has 0 bridgehead atoms. The maximum Gasteiger partial charge on any atom is 0.311 e. The van der Waals surface area contributed by atoms with E-state index in [0.29, 0.717) is 11.1 Å². The molecule has 1 aromatic carbocycles. The second-order valence-electron chi connectivity index (χ2n) is 5.40. The summed E-state index contributed by atoms with van der Waals surface area (Å²) >= 11 is 0. The average molecular weight is 341 g/mol. The van der Waals surface area contributed by atoms with Crippen molar-refractivity contribution in [3.05, 3.63) is 71.6 Å². The summed E-state index contributed by atoms with van der Waals surface area (Å²) in [5.74, 6) is -5.48. The molecule has 0 radical (unpaired) electrons. The van der Waals surface area contributed by atoms with Crippen molar-refractivity contribution in [1.82, 2.24) is 0 Å². The summed E-state index contributed by atoms with van der Waals surface area (Å²) in [7, 11) is 0. The van der Waals surface area contributed by atoms with Crippen molar-refractivity contribution in [2.75, 3.05) is 0 Å². The van der Waals surface area contributed by atoms with Crippen molar-refractivity contribution >= 4 is 0 Å². The minimum Gasteiger partial charge on any atom is -0.207 e. The van der Waals surface area contributed by atoms with Crippen LogP contribution in [0, 0.1) is 17.1 Å². The molecule has 1 nitrogen and oxygen atoms in total. The highest BCUT2D eigenvalue weighted by Gasteiger charge is 2.40. The molecule has 0 aliphatic rings. The monoisotopic (exact) mass is 341 g/mol. The van der Waals surface area contributed by atoms with Gasteiger partial charge in [-0.15, -0.1) is 0 Å². The van der Waals surface area contributed by atoms with Gasteiger partial charge in [-0.2, -0.15) is 14.0 Å². The number of hydrogen-bond acceptors (Lipinski definition) is 1. The Morgan fingerprint density at radius 2 is 1.88 bits per heavy atom. The number of nitriles is 1. The van der Waals surface area contributed by atoms with Crippen molar-refractivity contribution in [2.45, 2.75) is 31.6 Å². The highest BCUT2D eigenvalue weighted by atomic mass is 19.3. The van der Waals surface area contributed by atoms with Crippen LogP contribution in [0.25, 0.3) is 0 Å². The Balaban J connectivity index is 3.05. The maximum absolute atomic E-state index is 13.7. The lowest BCUT2D eigenvalue weighted by Crippen LogP contribution is -2.29. The number of halogens is 5. The summed E-state index contributed by atoms with van der Waals surface area (Å²) in [5, 5.41) is 8.62. The third kappa shape index (κ3) is 5.34. The van der Waals surface area contributed by atoms with E-state index in [1.165, 1.54) is 18.2 Å². The van der Waals surface area contributed by atoms with Crippen LogP contribution in [0.2, 0.25) is 0 Å². The first-order chi connectivity index (χ1) is 11.1. The summed E-state index contributed by atoms with van der Waals surface area (Å²) in [6, 6.07) is 5.01. The molecule has 0 unspecified atom stereocenters. The van der Waals surface area contributed by atoms with Gasteiger partial charge in [-0.1, -0.05) is 32.2 Å². The first-order valence-corrected chi connectivity index (χ1v) is 6.98. The third-order valence-electron chi connectivity index (χ3n) is 3.44. The molecular formula is C18H16F5N. The van der Waals surface area contributed by atoms with Crippen molar-refractivity contribution in [1.29, 1.82) is 5.26 Å². The highest BCUT2D eigenvalue weighted by Crippen LogP contribution is 2.30. The molecule has 0 aromatic heterocycles. The molecule has 24 heavy (non-hydrogen) atoms. The first kappa shape index (κ1) is 19.6. The lowest BCUT2D eigenvalue weighted by molar-refractivity contribution is -0.127. The van der Waals surface area contributed by atoms with Gasteiger partial charge in [-0.3, -0.25) is 0 Å². The molecule has 0 N–H and O–H groups in total. The van der Waals surface area contributed by atoms with Crippen LogP contribution in [-0.2, 0) is 6.42 Å². The van der Waals surface area contributed by atoms with E-state index in [-0.39, 0.29) is 11.1 Å². The average Bonchev–Trinajstić information content (AvgIpc) is 2.50. The highest BCUT2D eigenvalue weighted by molar-refractivity contribution is 5.39. The summed E-state index contributed by atoms with van der Waals surface area (Å²) in [5.41, 5.74) is 0.788. The fourth-order valence-electron chi connectivity index (χ4n) is 1.98. The van der Waals surface area contributed by atoms with E-state index in [1.807, 2.05) is 6.07 Å². The Labute approximate surface area is 137 Å². The second kappa shape index (κ2) is 7.91. The van der Waals surface area contributed by atoms with Crippen LogP contribution in [0.5, 0.6) is 0 Å². The Kier molecular flexibility index (Phi) is 6.47. The Morgan fingerprint density at radius 3 is 2.42 bits per heavy atom. The molecule has 0 spiro atoms. The van der Waals surface area contributed by atoms with Crippen LogP contribution in [-0.4, -0.2) is 12.3 Å². The van der Waals surface area contributed by atoms with E-state index in [0.717, 1.165) is 12.1 Å². The van der Waals surface area contributed by atoms with E-state index < -0.39 is 30.5 Å². The van der Waals surface area contributed by atoms with Gasteiger partial charge in [0.2, 0.25) is 0 Å². The van der Waals surface area contributed by atoms with E-state index in [4.69, 9.17) is 5.26 Å². The van der Waals surface area contributed by atoms with Crippen molar-refractivity contribution in [3.8, 4) is 6.07 Å². The SMILES string of the molecule is C=C(C#N)/C=C\C(=C)[C@@H](C)c1cc(F)cc(CC(F)(F)C(F)F)c1. The Bertz CT molecular complexity index is 698. The molecule has 128 valence electrons. The van der Waals surface area contributed by atoms with E-state index in [1.54, 1.807) is 6.92 Å². The van der Waals surface area contributed by atoms with Crippen molar-refractivity contribution in [3.63, 3.8) is 0 Å². The number of allylic oxidation sites excluding steroid dienone is 4. The number of nitrogens with zero attached hydrogens (tertiary/aromatic N) is 1. The third-order valence-corrected chi connectivity index (χ3v) is 3.44. The lowest BCUT2D eigenvalue weighted by atomic mass is 9.91. The smallest absolute Gasteiger partial charge is 0.207 e. The van der Waals surface area contributed by atoms with Crippen LogP contribution in [0.4, 0.5) is 22.0 Å². The molecule has 0 saturated carbocycles. The van der Waals surface area contributed by atoms with Gasteiger partial charge in [0.25, 0.3) is 0 Å². The predicted octanol–water partition coefficient (Wildman–Crippen LogP) is 5.56. The standard InChI is InChI=1S/C18H16F5N/c1-11(10-24)4-5-12(2)13(3)15-6-14(7-16(19)8-15)9-18(22,23)17(20)21/h4-8,13,17H,1-2,9H2,3H3/b5-4-/t13-/m1/s1. The fraction of sp³-hybridized carbons (Fsp3) is 0.278. The first-order valence-electron chi connectivity index (χ1n) is 6.98. The molecule has 1 aromatic rings. The van der Waals surface area contributed by atoms with Gasteiger partial charge in [0.05, 0.1) is 6.07 Å². The van der Waals surface area contributed by atoms with Crippen LogP contribution in [0.3, 0.4) is 0 Å². The number of hydrogen-bond donors (Lipinski definition) is 0. The van der Waals surface area contributed by atoms with E-state index in [9.17, 15) is 22.0 Å². The van der Waals surface area contributed by atoms with Gasteiger partial charge in [-0.05, 0) is 34.9 Å². The van der Waals surface area contributed by atoms with Crippen LogP contribution in [0.1, 0.15) is 24.0 Å². The molecule has 0 amide bonds. The molecule has 1 rings (SSSR count). The second-order valence-corrected chi connectivity index (χ2v) is 5.40. The maximum atomic E-state index is 13.7. The van der Waals surface area contributed by atoms with Crippen molar-refractivity contribution in [2.24, 2.45) is 0 Å². The Hall–Kier alpha value is -2.42. The van der Waals surface area contributed by atoms with E-state index in [2.05, 4.69) is 13.2 Å². The normalized spacial score (nSPS) is 13.1. The topological polar surface area (TPSA) is 23.8 Å². The van der Waals surface area contributed by atoms with Gasteiger partial charge >= 0.3 is 12.3 Å². The molecule has 0 fully saturated rings. The number of rotatable bonds is 7. The molecule has 0 saturated heterocycles. The van der Waals surface area contributed by atoms with Crippen LogP contribution in [0.15, 0.2) is 54.7 Å². The zero-order chi connectivity index (χ0) is 18.5.